The summed E-state index contributed by atoms with van der Waals surface area (Å²) in [4.78, 5) is 5.03. The Balaban J connectivity index is 1.24. The predicted molar refractivity (Wildman–Crippen MR) is 278 cm³/mol. The molecule has 0 saturated carbocycles. The Morgan fingerprint density at radius 1 is 0.328 bits per heavy atom. The van der Waals surface area contributed by atoms with Crippen LogP contribution in [0.15, 0.2) is 182 Å². The monoisotopic (exact) mass is 828 g/mol. The quantitative estimate of drug-likeness (QED) is 0.127. The summed E-state index contributed by atoms with van der Waals surface area (Å²) in [5.74, 6) is 0.789. The van der Waals surface area contributed by atoms with Gasteiger partial charge in [-0.2, -0.15) is 0 Å². The van der Waals surface area contributed by atoms with Crippen molar-refractivity contribution in [2.45, 2.75) is 67.2 Å². The van der Waals surface area contributed by atoms with E-state index in [1.165, 1.54) is 111 Å². The maximum Gasteiger partial charge on any atom is 0.0540 e. The summed E-state index contributed by atoms with van der Waals surface area (Å²) >= 11 is 0. The van der Waals surface area contributed by atoms with E-state index in [2.05, 4.69) is 247 Å². The Bertz CT molecular complexity index is 3130. The van der Waals surface area contributed by atoms with Gasteiger partial charge in [-0.25, -0.2) is 0 Å². The van der Waals surface area contributed by atoms with Crippen molar-refractivity contribution < 1.29 is 0 Å². The van der Waals surface area contributed by atoms with Crippen LogP contribution < -0.4 is 9.80 Å². The molecule has 10 rings (SSSR count). The Kier molecular flexibility index (Phi) is 10.6. The van der Waals surface area contributed by atoms with Crippen LogP contribution >= 0.6 is 0 Å². The first-order valence-corrected chi connectivity index (χ1v) is 22.9. The molecule has 0 spiro atoms. The zero-order valence-electron chi connectivity index (χ0n) is 38.4. The fourth-order valence-electron chi connectivity index (χ4n) is 9.85. The summed E-state index contributed by atoms with van der Waals surface area (Å²) in [5.41, 5.74) is 19.6. The fourth-order valence-corrected chi connectivity index (χ4v) is 9.85. The fraction of sp³-hybridized carbons (Fsp3) is 0.161. The zero-order valence-corrected chi connectivity index (χ0v) is 38.4. The summed E-state index contributed by atoms with van der Waals surface area (Å²) in [6.45, 7) is 18.0. The van der Waals surface area contributed by atoms with E-state index in [0.29, 0.717) is 11.8 Å². The maximum atomic E-state index is 2.51. The van der Waals surface area contributed by atoms with Gasteiger partial charge in [-0.15, -0.1) is 0 Å². The molecule has 2 nitrogen and oxygen atoms in total. The van der Waals surface area contributed by atoms with Crippen LogP contribution in [0.2, 0.25) is 0 Å². The number of aryl methyl sites for hydroxylation is 4. The van der Waals surface area contributed by atoms with Gasteiger partial charge in [0, 0.05) is 33.5 Å². The third-order valence-corrected chi connectivity index (χ3v) is 13.5. The average Bonchev–Trinajstić information content (AvgIpc) is 3.31. The summed E-state index contributed by atoms with van der Waals surface area (Å²) in [7, 11) is 0. The minimum Gasteiger partial charge on any atom is -0.310 e. The smallest absolute Gasteiger partial charge is 0.0540 e. The lowest BCUT2D eigenvalue weighted by molar-refractivity contribution is 0.866. The average molecular weight is 829 g/mol. The van der Waals surface area contributed by atoms with Gasteiger partial charge in [-0.3, -0.25) is 0 Å². The highest BCUT2D eigenvalue weighted by Gasteiger charge is 2.24. The van der Waals surface area contributed by atoms with E-state index < -0.39 is 0 Å². The van der Waals surface area contributed by atoms with E-state index in [1.54, 1.807) is 0 Å². The molecule has 0 unspecified atom stereocenters. The lowest BCUT2D eigenvalue weighted by Gasteiger charge is -2.31. The molecule has 0 aliphatic rings. The molecule has 0 aliphatic heterocycles. The van der Waals surface area contributed by atoms with Crippen LogP contribution in [0.5, 0.6) is 0 Å². The van der Waals surface area contributed by atoms with Crippen molar-refractivity contribution in [2.75, 3.05) is 9.80 Å². The highest BCUT2D eigenvalue weighted by Crippen LogP contribution is 2.49. The largest absolute Gasteiger partial charge is 0.310 e. The van der Waals surface area contributed by atoms with Crippen molar-refractivity contribution in [2.24, 2.45) is 0 Å². The number of hydrogen-bond donors (Lipinski definition) is 0. The molecule has 0 radical (unpaired) electrons. The van der Waals surface area contributed by atoms with Crippen LogP contribution in [0.1, 0.15) is 72.9 Å². The predicted octanol–water partition coefficient (Wildman–Crippen LogP) is 18.3. The van der Waals surface area contributed by atoms with Gasteiger partial charge in [0.05, 0.1) is 11.4 Å². The first kappa shape index (κ1) is 40.9. The van der Waals surface area contributed by atoms with Gasteiger partial charge in [-0.05, 0) is 165 Å². The van der Waals surface area contributed by atoms with Crippen LogP contribution in [0.25, 0.3) is 54.6 Å². The van der Waals surface area contributed by atoms with E-state index in [-0.39, 0.29) is 0 Å². The highest BCUT2D eigenvalue weighted by molar-refractivity contribution is 6.28. The third-order valence-electron chi connectivity index (χ3n) is 13.5. The van der Waals surface area contributed by atoms with Gasteiger partial charge in [0.1, 0.15) is 0 Å². The second-order valence-electron chi connectivity index (χ2n) is 18.4. The molecule has 0 aliphatic carbocycles. The van der Waals surface area contributed by atoms with E-state index in [1.807, 2.05) is 0 Å². The zero-order chi connectivity index (χ0) is 44.2. The topological polar surface area (TPSA) is 6.48 Å². The number of hydrogen-bond acceptors (Lipinski definition) is 2. The van der Waals surface area contributed by atoms with Crippen molar-refractivity contribution in [1.29, 1.82) is 0 Å². The van der Waals surface area contributed by atoms with Gasteiger partial charge in [0.25, 0.3) is 0 Å². The molecule has 0 atom stereocenters. The van der Waals surface area contributed by atoms with Crippen molar-refractivity contribution in [3.8, 4) is 22.3 Å². The summed E-state index contributed by atoms with van der Waals surface area (Å²) in [6.07, 6.45) is 0. The molecule has 2 heteroatoms. The van der Waals surface area contributed by atoms with Crippen LogP contribution in [0, 0.1) is 27.7 Å². The Morgan fingerprint density at radius 2 is 0.734 bits per heavy atom. The normalized spacial score (nSPS) is 11.7. The molecule has 0 aromatic heterocycles. The molecule has 64 heavy (non-hydrogen) atoms. The van der Waals surface area contributed by atoms with E-state index >= 15 is 0 Å². The first-order valence-electron chi connectivity index (χ1n) is 22.9. The SMILES string of the molecule is Cc1ccccc1-c1ccc(C)c(N(c2cccc(C(C)C)c2)c2ccc3ccc4c(N(c5cccc(C(C)C)c5)c5cc(-c6ccccc6C)ccc5C)ccc5ccc2c3c54)c1. The van der Waals surface area contributed by atoms with Crippen molar-refractivity contribution >= 4 is 66.4 Å². The number of nitrogens with zero attached hydrogens (tertiary/aromatic N) is 2. The first-order chi connectivity index (χ1) is 31.0. The van der Waals surface area contributed by atoms with Gasteiger partial charge in [-0.1, -0.05) is 161 Å². The van der Waals surface area contributed by atoms with Gasteiger partial charge < -0.3 is 9.80 Å². The molecule has 0 fully saturated rings. The second-order valence-corrected chi connectivity index (χ2v) is 18.4. The molecule has 0 N–H and O–H groups in total. The van der Waals surface area contributed by atoms with Crippen molar-refractivity contribution in [3.63, 3.8) is 0 Å². The number of benzene rings is 10. The molecule has 10 aromatic carbocycles. The third kappa shape index (κ3) is 7.18. The molecule has 0 heterocycles. The summed E-state index contributed by atoms with van der Waals surface area (Å²) in [5, 5.41) is 7.51. The molecule has 314 valence electrons. The van der Waals surface area contributed by atoms with Gasteiger partial charge in [0.15, 0.2) is 0 Å². The van der Waals surface area contributed by atoms with Gasteiger partial charge in [0.2, 0.25) is 0 Å². The lowest BCUT2D eigenvalue weighted by Crippen LogP contribution is -2.13. The molecule has 0 bridgehead atoms. The van der Waals surface area contributed by atoms with E-state index in [0.717, 1.165) is 11.4 Å². The second kappa shape index (κ2) is 16.5. The standard InChI is InChI=1S/C62H56N2/c1-39(2)47-17-13-19-51(35-47)63(59-37-49(25-23-43(59)7)53-21-11-9-15-41(53)5)57-33-29-45-28-32-56-58(34-30-46-27-31-55(57)61(45)62(46)56)64(52-20-14-18-48(36-52)40(3)4)60-38-50(26-24-44(60)8)54-22-12-10-16-42(54)6/h9-40H,1-8H3. The van der Waals surface area contributed by atoms with Crippen LogP contribution in [0.3, 0.4) is 0 Å². The summed E-state index contributed by atoms with van der Waals surface area (Å²) in [6, 6.07) is 68.4. The van der Waals surface area contributed by atoms with E-state index in [9.17, 15) is 0 Å². The highest BCUT2D eigenvalue weighted by atomic mass is 15.2. The molecular formula is C62H56N2. The minimum absolute atomic E-state index is 0.395. The molecular weight excluding hydrogens is 773 g/mol. The Hall–Kier alpha value is -7.16. The van der Waals surface area contributed by atoms with Crippen LogP contribution in [-0.2, 0) is 0 Å². The Labute approximate surface area is 379 Å². The number of anilines is 6. The van der Waals surface area contributed by atoms with E-state index in [4.69, 9.17) is 0 Å². The Morgan fingerprint density at radius 3 is 1.14 bits per heavy atom. The number of rotatable bonds is 10. The molecule has 0 saturated heterocycles. The van der Waals surface area contributed by atoms with Gasteiger partial charge >= 0.3 is 0 Å². The van der Waals surface area contributed by atoms with Crippen LogP contribution in [-0.4, -0.2) is 0 Å². The lowest BCUT2D eigenvalue weighted by atomic mass is 9.91. The van der Waals surface area contributed by atoms with Crippen LogP contribution in [0.4, 0.5) is 34.1 Å². The molecule has 10 aromatic rings. The summed E-state index contributed by atoms with van der Waals surface area (Å²) < 4.78 is 0. The van der Waals surface area contributed by atoms with Crippen molar-refractivity contribution in [3.05, 3.63) is 215 Å². The minimum atomic E-state index is 0.395. The maximum absolute atomic E-state index is 2.51. The van der Waals surface area contributed by atoms with Crippen molar-refractivity contribution in [1.82, 2.24) is 0 Å². The molecule has 0 amide bonds.